The van der Waals surface area contributed by atoms with Crippen molar-refractivity contribution in [2.45, 2.75) is 180 Å². The van der Waals surface area contributed by atoms with E-state index in [1.165, 1.54) is 0 Å². The molecule has 0 spiro atoms. The molecule has 0 amide bonds. The number of nitrogens with zero attached hydrogens (tertiary/aromatic N) is 2. The van der Waals surface area contributed by atoms with E-state index in [-0.39, 0.29) is 64.7 Å². The van der Waals surface area contributed by atoms with Crippen molar-refractivity contribution in [1.29, 1.82) is 0 Å². The predicted octanol–water partition coefficient (Wildman–Crippen LogP) is 10.6. The van der Waals surface area contributed by atoms with Gasteiger partial charge in [-0.2, -0.15) is 10.1 Å². The van der Waals surface area contributed by atoms with Gasteiger partial charge in [-0.15, -0.1) is 0 Å². The van der Waals surface area contributed by atoms with Crippen LogP contribution in [0.4, 0.5) is 0 Å². The number of hydrogen-bond donors (Lipinski definition) is 1. The van der Waals surface area contributed by atoms with Crippen molar-refractivity contribution in [3.63, 3.8) is 0 Å². The van der Waals surface area contributed by atoms with Crippen LogP contribution in [0.5, 0.6) is 0 Å². The molecule has 3 unspecified atom stereocenters. The lowest BCUT2D eigenvalue weighted by atomic mass is 9.69. The monoisotopic (exact) mass is 721 g/mol. The summed E-state index contributed by atoms with van der Waals surface area (Å²) in [6, 6.07) is 20.6. The number of esters is 1. The third kappa shape index (κ3) is 11.1. The molecule has 2 aromatic rings. The molecule has 2 heterocycles. The first kappa shape index (κ1) is 42.0. The number of carboxylic acids is 1. The summed E-state index contributed by atoms with van der Waals surface area (Å²) in [6.07, 6.45) is 7.99. The van der Waals surface area contributed by atoms with Crippen LogP contribution in [-0.2, 0) is 24.0 Å². The predicted molar refractivity (Wildman–Crippen MR) is 207 cm³/mol. The second kappa shape index (κ2) is 17.6. The Morgan fingerprint density at radius 1 is 0.654 bits per heavy atom. The van der Waals surface area contributed by atoms with Crippen LogP contribution >= 0.6 is 0 Å². The summed E-state index contributed by atoms with van der Waals surface area (Å²) in [7, 11) is 0. The third-order valence-electron chi connectivity index (χ3n) is 11.3. The van der Waals surface area contributed by atoms with Gasteiger partial charge in [0.2, 0.25) is 0 Å². The van der Waals surface area contributed by atoms with Crippen LogP contribution in [0.3, 0.4) is 0 Å². The second-order valence-corrected chi connectivity index (χ2v) is 18.1. The van der Waals surface area contributed by atoms with Crippen LogP contribution in [0.25, 0.3) is 0 Å². The topological polar surface area (TPSA) is 88.5 Å². The number of carboxylic acid groups (broad SMARTS) is 1. The summed E-state index contributed by atoms with van der Waals surface area (Å²) >= 11 is 0. The number of carbonyl (C=O) groups excluding carboxylic acids is 1. The minimum atomic E-state index is -0.740. The maximum absolute atomic E-state index is 14.5. The van der Waals surface area contributed by atoms with E-state index in [4.69, 9.17) is 19.5 Å². The van der Waals surface area contributed by atoms with Crippen molar-refractivity contribution in [3.8, 4) is 0 Å². The van der Waals surface area contributed by atoms with Crippen LogP contribution in [0, 0.1) is 11.8 Å². The van der Waals surface area contributed by atoms with E-state index in [9.17, 15) is 9.59 Å². The highest BCUT2D eigenvalue weighted by Gasteiger charge is 2.52. The molecule has 3 atom stereocenters. The molecular weight excluding hydrogens is 652 g/mol. The Kier molecular flexibility index (Phi) is 14.2. The molecule has 52 heavy (non-hydrogen) atoms. The number of piperidine rings is 2. The van der Waals surface area contributed by atoms with Crippen molar-refractivity contribution in [2.75, 3.05) is 0 Å². The molecule has 0 bridgehead atoms. The number of hydrogen-bond acceptors (Lipinski definition) is 7. The standard InChI is InChI=1S/C44H68N2O6/c1-32(34-22-16-14-17-23-34)51-45-41(3,4)28-36(29-42(45,5)6)38(26-20-12-11-13-21-27-39(47)48)40(49)50-37-30-43(7,8)46(44(9,10)31-37)52-33(2)35-24-18-15-19-25-35/h14-19,22-25,32-33,36-38H,11-13,20-21,26-31H2,1-10H3,(H,47,48). The second-order valence-electron chi connectivity index (χ2n) is 18.1. The molecule has 0 aliphatic carbocycles. The SMILES string of the molecule is CC(ON1C(C)(C)CC(OC(=O)C(CCCCCCCC(=O)O)C2CC(C)(C)N(OC(C)c3ccccc3)C(C)(C)C2)CC1(C)C)c1ccccc1. The molecule has 2 fully saturated rings. The lowest BCUT2D eigenvalue weighted by Gasteiger charge is -2.56. The zero-order chi connectivity index (χ0) is 38.3. The van der Waals surface area contributed by atoms with Gasteiger partial charge in [0.1, 0.15) is 18.3 Å². The Labute approximate surface area is 314 Å². The average Bonchev–Trinajstić information content (AvgIpc) is 3.05. The molecule has 2 aliphatic rings. The fourth-order valence-electron chi connectivity index (χ4n) is 9.31. The van der Waals surface area contributed by atoms with Gasteiger partial charge in [0.05, 0.1) is 5.92 Å². The summed E-state index contributed by atoms with van der Waals surface area (Å²) in [6.45, 7) is 21.9. The first-order valence-corrected chi connectivity index (χ1v) is 19.8. The summed E-state index contributed by atoms with van der Waals surface area (Å²) in [5, 5.41) is 13.4. The van der Waals surface area contributed by atoms with Crippen LogP contribution in [-0.4, -0.2) is 55.4 Å². The molecule has 2 aliphatic heterocycles. The van der Waals surface area contributed by atoms with E-state index in [2.05, 4.69) is 104 Å². The van der Waals surface area contributed by atoms with Crippen LogP contribution in [0.1, 0.15) is 163 Å². The molecule has 8 heteroatoms. The van der Waals surface area contributed by atoms with E-state index in [1.807, 2.05) is 36.4 Å². The van der Waals surface area contributed by atoms with Gasteiger partial charge >= 0.3 is 11.9 Å². The zero-order valence-electron chi connectivity index (χ0n) is 33.8. The molecule has 2 aromatic carbocycles. The lowest BCUT2D eigenvalue weighted by Crippen LogP contribution is -2.62. The Bertz CT molecular complexity index is 1390. The molecule has 0 saturated carbocycles. The van der Waals surface area contributed by atoms with Gasteiger partial charge in [-0.25, -0.2) is 0 Å². The van der Waals surface area contributed by atoms with Gasteiger partial charge in [-0.3, -0.25) is 19.3 Å². The molecular formula is C44H68N2O6. The molecule has 290 valence electrons. The fraction of sp³-hybridized carbons (Fsp3) is 0.682. The largest absolute Gasteiger partial charge is 0.481 e. The van der Waals surface area contributed by atoms with E-state index < -0.39 is 5.97 Å². The highest BCUT2D eigenvalue weighted by atomic mass is 16.7. The number of benzene rings is 2. The molecule has 1 N–H and O–H groups in total. The first-order chi connectivity index (χ1) is 24.3. The van der Waals surface area contributed by atoms with Gasteiger partial charge in [-0.1, -0.05) is 86.3 Å². The first-order valence-electron chi connectivity index (χ1n) is 19.8. The Balaban J connectivity index is 1.48. The Morgan fingerprint density at radius 2 is 1.06 bits per heavy atom. The molecule has 0 aromatic heterocycles. The lowest BCUT2D eigenvalue weighted by molar-refractivity contribution is -0.316. The van der Waals surface area contributed by atoms with Crippen LogP contribution < -0.4 is 0 Å². The van der Waals surface area contributed by atoms with E-state index in [0.29, 0.717) is 19.3 Å². The van der Waals surface area contributed by atoms with Crippen molar-refractivity contribution in [3.05, 3.63) is 71.8 Å². The minimum absolute atomic E-state index is 0.0851. The summed E-state index contributed by atoms with van der Waals surface area (Å²) < 4.78 is 6.59. The third-order valence-corrected chi connectivity index (χ3v) is 11.3. The number of ether oxygens (including phenoxy) is 1. The maximum Gasteiger partial charge on any atom is 0.309 e. The number of rotatable bonds is 17. The van der Waals surface area contributed by atoms with Crippen molar-refractivity contribution < 1.29 is 29.1 Å². The summed E-state index contributed by atoms with van der Waals surface area (Å²) in [5.74, 6) is -0.925. The average molecular weight is 721 g/mol. The van der Waals surface area contributed by atoms with Gasteiger partial charge in [0, 0.05) is 41.4 Å². The quantitative estimate of drug-likeness (QED) is 0.128. The van der Waals surface area contributed by atoms with Crippen LogP contribution in [0.15, 0.2) is 60.7 Å². The Morgan fingerprint density at radius 3 is 1.50 bits per heavy atom. The van der Waals surface area contributed by atoms with Gasteiger partial charge in [0.15, 0.2) is 0 Å². The van der Waals surface area contributed by atoms with E-state index in [0.717, 1.165) is 56.1 Å². The van der Waals surface area contributed by atoms with Gasteiger partial charge in [0.25, 0.3) is 0 Å². The number of hydroxylamine groups is 4. The number of aliphatic carboxylic acids is 1. The normalized spacial score (nSPS) is 22.3. The summed E-state index contributed by atoms with van der Waals surface area (Å²) in [5.41, 5.74) is 0.925. The molecule has 0 radical (unpaired) electrons. The number of carbonyl (C=O) groups is 2. The van der Waals surface area contributed by atoms with Crippen LogP contribution in [0.2, 0.25) is 0 Å². The van der Waals surface area contributed by atoms with Crippen molar-refractivity contribution >= 4 is 11.9 Å². The van der Waals surface area contributed by atoms with Crippen molar-refractivity contribution in [2.24, 2.45) is 11.8 Å². The zero-order valence-corrected chi connectivity index (χ0v) is 33.8. The highest BCUT2D eigenvalue weighted by molar-refractivity contribution is 5.73. The van der Waals surface area contributed by atoms with Gasteiger partial charge < -0.3 is 9.84 Å². The number of unbranched alkanes of at least 4 members (excludes halogenated alkanes) is 4. The minimum Gasteiger partial charge on any atom is -0.481 e. The smallest absolute Gasteiger partial charge is 0.309 e. The molecule has 4 rings (SSSR count). The Hall–Kier alpha value is -2.78. The van der Waals surface area contributed by atoms with E-state index >= 15 is 0 Å². The molecule has 8 nitrogen and oxygen atoms in total. The van der Waals surface area contributed by atoms with E-state index in [1.54, 1.807) is 0 Å². The fourth-order valence-corrected chi connectivity index (χ4v) is 9.31. The molecule has 2 saturated heterocycles. The maximum atomic E-state index is 14.5. The highest BCUT2D eigenvalue weighted by Crippen LogP contribution is 2.48. The van der Waals surface area contributed by atoms with Gasteiger partial charge in [-0.05, 0) is 112 Å². The van der Waals surface area contributed by atoms with Crippen molar-refractivity contribution in [1.82, 2.24) is 10.1 Å². The summed E-state index contributed by atoms with van der Waals surface area (Å²) in [4.78, 5) is 38.9.